The van der Waals surface area contributed by atoms with Crippen LogP contribution in [-0.4, -0.2) is 102 Å². The van der Waals surface area contributed by atoms with Crippen molar-refractivity contribution < 1.29 is 28.3 Å². The summed E-state index contributed by atoms with van der Waals surface area (Å²) in [6.45, 7) is 14.2. The zero-order valence-corrected chi connectivity index (χ0v) is 35.4. The number of piperidine rings is 1. The zero-order valence-electron chi connectivity index (χ0n) is 35.4. The number of rotatable bonds is 9. The van der Waals surface area contributed by atoms with Crippen molar-refractivity contribution in [2.75, 3.05) is 55.6 Å². The number of benzene rings is 3. The van der Waals surface area contributed by atoms with E-state index in [9.17, 15) is 29.2 Å². The van der Waals surface area contributed by atoms with Gasteiger partial charge in [0.2, 0.25) is 17.4 Å². The van der Waals surface area contributed by atoms with Gasteiger partial charge in [-0.3, -0.25) is 34.2 Å². The molecule has 2 unspecified atom stereocenters. The van der Waals surface area contributed by atoms with Gasteiger partial charge in [0.25, 0.3) is 11.8 Å². The number of anilines is 2. The van der Waals surface area contributed by atoms with Gasteiger partial charge in [0.15, 0.2) is 0 Å². The lowest BCUT2D eigenvalue weighted by molar-refractivity contribution is -0.163. The Hall–Kier alpha value is -6.27. The Morgan fingerprint density at radius 3 is 2.42 bits per heavy atom. The first-order valence-electron chi connectivity index (χ1n) is 21.5. The number of piperazine rings is 1. The van der Waals surface area contributed by atoms with E-state index in [1.807, 2.05) is 39.8 Å². The number of H-pyrrole nitrogens is 1. The van der Waals surface area contributed by atoms with Crippen molar-refractivity contribution >= 4 is 45.9 Å². The molecule has 1 saturated carbocycles. The summed E-state index contributed by atoms with van der Waals surface area (Å²) in [5, 5.41) is 15.7. The lowest BCUT2D eigenvalue weighted by Gasteiger charge is -2.63. The number of nitrogens with zero attached hydrogens (tertiary/aromatic N) is 5. The van der Waals surface area contributed by atoms with Crippen LogP contribution in [0.5, 0.6) is 5.75 Å². The second-order valence-corrected chi connectivity index (χ2v) is 18.7. The minimum absolute atomic E-state index is 0.172. The van der Waals surface area contributed by atoms with Crippen LogP contribution in [0.15, 0.2) is 65.5 Å². The molecule has 4 aromatic rings. The van der Waals surface area contributed by atoms with Crippen LogP contribution in [0.2, 0.25) is 0 Å². The van der Waals surface area contributed by atoms with Gasteiger partial charge >= 0.3 is 0 Å². The van der Waals surface area contributed by atoms with Gasteiger partial charge in [-0.25, -0.2) is 4.39 Å². The van der Waals surface area contributed by atoms with Gasteiger partial charge < -0.3 is 29.7 Å². The predicted molar refractivity (Wildman–Crippen MR) is 230 cm³/mol. The summed E-state index contributed by atoms with van der Waals surface area (Å²) in [6, 6.07) is 18.2. The van der Waals surface area contributed by atoms with Crippen LogP contribution < -0.4 is 30.7 Å². The van der Waals surface area contributed by atoms with E-state index >= 15 is 4.39 Å². The summed E-state index contributed by atoms with van der Waals surface area (Å²) >= 11 is 0. The zero-order chi connectivity index (χ0) is 43.7. The molecule has 5 aliphatic rings. The number of hydrogen-bond acceptors (Lipinski definition) is 10. The van der Waals surface area contributed by atoms with Crippen molar-refractivity contribution in [3.8, 4) is 11.8 Å². The van der Waals surface area contributed by atoms with Crippen LogP contribution in [0.4, 0.5) is 15.8 Å². The molecular weight excluding hydrogens is 792 g/mol. The Morgan fingerprint density at radius 1 is 0.919 bits per heavy atom. The average molecular weight is 843 g/mol. The van der Waals surface area contributed by atoms with Crippen LogP contribution in [0.1, 0.15) is 78.8 Å². The fourth-order valence-electron chi connectivity index (χ4n) is 11.0. The third-order valence-electron chi connectivity index (χ3n) is 13.9. The van der Waals surface area contributed by atoms with Crippen LogP contribution in [0.3, 0.4) is 0 Å². The van der Waals surface area contributed by atoms with E-state index in [-0.39, 0.29) is 47.4 Å². The third kappa shape index (κ3) is 7.23. The van der Waals surface area contributed by atoms with Gasteiger partial charge in [-0.2, -0.15) is 5.26 Å². The lowest BCUT2D eigenvalue weighted by atomic mass is 9.49. The van der Waals surface area contributed by atoms with Gasteiger partial charge in [0.1, 0.15) is 29.8 Å². The first-order valence-corrected chi connectivity index (χ1v) is 21.5. The summed E-state index contributed by atoms with van der Waals surface area (Å²) in [7, 11) is 0. The Morgan fingerprint density at radius 2 is 1.69 bits per heavy atom. The molecule has 4 aliphatic heterocycles. The van der Waals surface area contributed by atoms with Crippen molar-refractivity contribution in [1.29, 1.82) is 5.26 Å². The van der Waals surface area contributed by atoms with Crippen LogP contribution in [0.25, 0.3) is 10.9 Å². The minimum Gasteiger partial charge on any atom is -0.488 e. The predicted octanol–water partition coefficient (Wildman–Crippen LogP) is 4.56. The monoisotopic (exact) mass is 842 g/mol. The summed E-state index contributed by atoms with van der Waals surface area (Å²) in [5.41, 5.74) is 2.73. The van der Waals surface area contributed by atoms with Gasteiger partial charge in [-0.05, 0) is 78.9 Å². The molecule has 9 rings (SSSR count). The molecule has 0 radical (unpaired) electrons. The molecular formula is C47H51FN8O6. The van der Waals surface area contributed by atoms with Crippen molar-refractivity contribution in [2.24, 2.45) is 16.7 Å². The fraction of sp³-hybridized carbons (Fsp3) is 0.447. The molecule has 0 bridgehead atoms. The molecule has 62 heavy (non-hydrogen) atoms. The molecule has 4 amide bonds. The van der Waals surface area contributed by atoms with E-state index in [1.165, 1.54) is 12.1 Å². The Balaban J connectivity index is 0.769. The number of carbonyl (C=O) groups is 4. The van der Waals surface area contributed by atoms with Crippen LogP contribution in [0, 0.1) is 33.9 Å². The quantitative estimate of drug-likeness (QED) is 0.203. The number of nitrogens with one attached hydrogen (secondary N) is 3. The Kier molecular flexibility index (Phi) is 10.3. The number of aromatic amines is 1. The number of halogens is 1. The number of amides is 4. The van der Waals surface area contributed by atoms with E-state index in [4.69, 9.17) is 4.74 Å². The third-order valence-corrected chi connectivity index (χ3v) is 13.9. The van der Waals surface area contributed by atoms with Crippen molar-refractivity contribution in [2.45, 2.75) is 71.7 Å². The number of ether oxygens (including phenoxy) is 1. The maximum absolute atomic E-state index is 15.8. The number of pyridine rings is 1. The SMILES string of the molecule is CC1(C)C(NC(=O)c2ccc(N3CCC(CN4CCN(c5ccc6c(c5)CN(C5CCC(=O)NC5=O)C6=O)CC4)C3)c(F)c2)C(C)(C)C1Oc1ccc(C#N)c2[nH]c(=O)ccc12. The number of hydrogen-bond donors (Lipinski definition) is 3. The van der Waals surface area contributed by atoms with Crippen LogP contribution >= 0.6 is 0 Å². The number of nitriles is 1. The lowest BCUT2D eigenvalue weighted by Crippen LogP contribution is -2.74. The van der Waals surface area contributed by atoms with Gasteiger partial charge in [-0.1, -0.05) is 27.7 Å². The molecule has 1 aromatic heterocycles. The van der Waals surface area contributed by atoms with E-state index < -0.39 is 28.6 Å². The maximum atomic E-state index is 15.8. The standard InChI is InChI=1S/C47H51FN8O6/c1-46(2)44(47(3,4)45(46)62-37-12-6-29(23-49)40-33(37)9-13-38(57)50-40)52-41(59)28-5-10-35(34(48)22-28)55-16-15-27(25-55)24-53-17-19-54(20-18-53)31-7-8-32-30(21-31)26-56(43(32)61)36-11-14-39(58)51-42(36)60/h5-10,12-13,21-22,27,36,44-45H,11,14-20,24-26H2,1-4H3,(H,50,57)(H,52,59)(H,51,58,60). The molecule has 0 spiro atoms. The molecule has 4 fully saturated rings. The molecule has 3 saturated heterocycles. The van der Waals surface area contributed by atoms with Gasteiger partial charge in [0.05, 0.1) is 16.8 Å². The second kappa shape index (κ2) is 15.6. The summed E-state index contributed by atoms with van der Waals surface area (Å²) in [6.07, 6.45) is 1.18. The van der Waals surface area contributed by atoms with E-state index in [0.717, 1.165) is 63.5 Å². The minimum atomic E-state index is -0.634. The normalized spacial score (nSPS) is 24.4. The van der Waals surface area contributed by atoms with Crippen molar-refractivity contribution in [3.63, 3.8) is 0 Å². The number of imide groups is 1. The highest BCUT2D eigenvalue weighted by atomic mass is 19.1. The summed E-state index contributed by atoms with van der Waals surface area (Å²) in [4.78, 5) is 74.1. The molecule has 14 nitrogen and oxygen atoms in total. The number of fused-ring (bicyclic) bond motifs is 2. The number of carbonyl (C=O) groups excluding carboxylic acids is 4. The maximum Gasteiger partial charge on any atom is 0.255 e. The Bertz CT molecular complexity index is 2590. The molecule has 3 aromatic carbocycles. The highest BCUT2D eigenvalue weighted by Gasteiger charge is 2.64. The van der Waals surface area contributed by atoms with Crippen LogP contribution in [-0.2, 0) is 16.1 Å². The Labute approximate surface area is 359 Å². The fourth-order valence-corrected chi connectivity index (χ4v) is 11.0. The second-order valence-electron chi connectivity index (χ2n) is 18.7. The first kappa shape index (κ1) is 41.1. The topological polar surface area (TPSA) is 171 Å². The van der Waals surface area contributed by atoms with Crippen molar-refractivity contribution in [1.82, 2.24) is 25.4 Å². The largest absolute Gasteiger partial charge is 0.488 e. The molecule has 5 heterocycles. The van der Waals surface area contributed by atoms with Gasteiger partial charge in [0, 0.05) is 104 Å². The first-order chi connectivity index (χ1) is 29.6. The molecule has 1 aliphatic carbocycles. The average Bonchev–Trinajstić information content (AvgIpc) is 3.84. The number of aromatic nitrogens is 1. The highest BCUT2D eigenvalue weighted by molar-refractivity contribution is 6.05. The molecule has 2 atom stereocenters. The van der Waals surface area contributed by atoms with E-state index in [1.54, 1.807) is 35.2 Å². The van der Waals surface area contributed by atoms with E-state index in [0.29, 0.717) is 52.4 Å². The molecule has 3 N–H and O–H groups in total. The molecule has 15 heteroatoms. The smallest absolute Gasteiger partial charge is 0.255 e. The summed E-state index contributed by atoms with van der Waals surface area (Å²) in [5.74, 6) is -0.766. The van der Waals surface area contributed by atoms with Gasteiger partial charge in [-0.15, -0.1) is 0 Å². The highest BCUT2D eigenvalue weighted by Crippen LogP contribution is 2.56. The molecule has 322 valence electrons. The summed E-state index contributed by atoms with van der Waals surface area (Å²) < 4.78 is 22.4. The van der Waals surface area contributed by atoms with Crippen molar-refractivity contribution in [3.05, 3.63) is 99.1 Å². The van der Waals surface area contributed by atoms with E-state index in [2.05, 4.69) is 42.5 Å².